The summed E-state index contributed by atoms with van der Waals surface area (Å²) in [5.74, 6) is 0.417. The molecular formula is C16H15F3O2. The first-order chi connectivity index (χ1) is 9.76. The fraction of sp³-hybridized carbons (Fsp3) is 0.250. The van der Waals surface area contributed by atoms with E-state index in [1.54, 1.807) is 24.3 Å². The highest BCUT2D eigenvalue weighted by Gasteiger charge is 2.34. The molecule has 2 aromatic rings. The molecule has 0 aliphatic carbocycles. The molecule has 1 unspecified atom stereocenters. The van der Waals surface area contributed by atoms with E-state index in [1.807, 2.05) is 0 Å². The van der Waals surface area contributed by atoms with Crippen LogP contribution in [0.1, 0.15) is 23.6 Å². The van der Waals surface area contributed by atoms with Gasteiger partial charge in [-0.2, -0.15) is 13.2 Å². The Bertz CT molecular complexity index is 633. The number of ether oxygens (including phenoxy) is 1. The maximum atomic E-state index is 12.8. The first-order valence-corrected chi connectivity index (χ1v) is 6.30. The Morgan fingerprint density at radius 3 is 2.19 bits per heavy atom. The molecule has 2 nitrogen and oxygen atoms in total. The average Bonchev–Trinajstić information content (AvgIpc) is 2.46. The van der Waals surface area contributed by atoms with E-state index in [0.717, 1.165) is 12.1 Å². The number of hydrogen-bond donors (Lipinski definition) is 1. The molecule has 0 bridgehead atoms. The van der Waals surface area contributed by atoms with E-state index in [1.165, 1.54) is 26.2 Å². The van der Waals surface area contributed by atoms with E-state index in [9.17, 15) is 18.3 Å². The molecule has 1 atom stereocenters. The van der Waals surface area contributed by atoms with Crippen molar-refractivity contribution in [2.75, 3.05) is 7.11 Å². The summed E-state index contributed by atoms with van der Waals surface area (Å²) in [5.41, 5.74) is -1.82. The van der Waals surface area contributed by atoms with Crippen LogP contribution in [0.4, 0.5) is 13.2 Å². The van der Waals surface area contributed by atoms with Crippen LogP contribution < -0.4 is 4.74 Å². The summed E-state index contributed by atoms with van der Waals surface area (Å²) >= 11 is 0. The van der Waals surface area contributed by atoms with E-state index < -0.39 is 17.3 Å². The van der Waals surface area contributed by atoms with Crippen LogP contribution in [0.5, 0.6) is 5.75 Å². The van der Waals surface area contributed by atoms with Crippen LogP contribution in [0.25, 0.3) is 0 Å². The predicted molar refractivity (Wildman–Crippen MR) is 73.1 cm³/mol. The zero-order valence-corrected chi connectivity index (χ0v) is 11.6. The van der Waals surface area contributed by atoms with Crippen molar-refractivity contribution in [3.8, 4) is 5.75 Å². The number of benzene rings is 2. The molecule has 2 aromatic carbocycles. The second-order valence-corrected chi connectivity index (χ2v) is 4.85. The van der Waals surface area contributed by atoms with Crippen LogP contribution in [0.3, 0.4) is 0 Å². The van der Waals surface area contributed by atoms with Crippen molar-refractivity contribution < 1.29 is 23.0 Å². The summed E-state index contributed by atoms with van der Waals surface area (Å²) in [6.45, 7) is 1.44. The maximum absolute atomic E-state index is 12.8. The molecule has 21 heavy (non-hydrogen) atoms. The second-order valence-electron chi connectivity index (χ2n) is 4.85. The Labute approximate surface area is 120 Å². The number of hydrogen-bond acceptors (Lipinski definition) is 2. The third-order valence-corrected chi connectivity index (χ3v) is 3.38. The van der Waals surface area contributed by atoms with E-state index in [2.05, 4.69) is 0 Å². The highest BCUT2D eigenvalue weighted by molar-refractivity contribution is 5.45. The summed E-state index contributed by atoms with van der Waals surface area (Å²) in [6, 6.07) is 11.4. The Kier molecular flexibility index (Phi) is 3.96. The van der Waals surface area contributed by atoms with Gasteiger partial charge in [-0.05, 0) is 30.7 Å². The third-order valence-electron chi connectivity index (χ3n) is 3.38. The van der Waals surface area contributed by atoms with Gasteiger partial charge in [0.1, 0.15) is 11.4 Å². The van der Waals surface area contributed by atoms with Crippen molar-refractivity contribution in [1.29, 1.82) is 0 Å². The Hall–Kier alpha value is -2.01. The van der Waals surface area contributed by atoms with Gasteiger partial charge >= 0.3 is 6.18 Å². The molecule has 0 fully saturated rings. The van der Waals surface area contributed by atoms with Crippen LogP contribution in [0, 0.1) is 0 Å². The van der Waals surface area contributed by atoms with Gasteiger partial charge in [-0.3, -0.25) is 0 Å². The summed E-state index contributed by atoms with van der Waals surface area (Å²) in [6.07, 6.45) is -4.45. The van der Waals surface area contributed by atoms with Gasteiger partial charge in [-0.1, -0.05) is 30.3 Å². The molecule has 0 aliphatic rings. The summed E-state index contributed by atoms with van der Waals surface area (Å²) in [5, 5.41) is 10.7. The van der Waals surface area contributed by atoms with Crippen LogP contribution in [0.15, 0.2) is 48.5 Å². The van der Waals surface area contributed by atoms with Crippen LogP contribution in [0.2, 0.25) is 0 Å². The lowest BCUT2D eigenvalue weighted by Crippen LogP contribution is -2.24. The molecule has 0 radical (unpaired) electrons. The first kappa shape index (κ1) is 15.4. The van der Waals surface area contributed by atoms with Gasteiger partial charge in [0.25, 0.3) is 0 Å². The highest BCUT2D eigenvalue weighted by Crippen LogP contribution is 2.37. The van der Waals surface area contributed by atoms with E-state index in [4.69, 9.17) is 4.74 Å². The third kappa shape index (κ3) is 3.03. The fourth-order valence-corrected chi connectivity index (χ4v) is 2.20. The largest absolute Gasteiger partial charge is 0.496 e. The van der Waals surface area contributed by atoms with Gasteiger partial charge in [-0.15, -0.1) is 0 Å². The lowest BCUT2D eigenvalue weighted by Gasteiger charge is -2.27. The van der Waals surface area contributed by atoms with E-state index in [-0.39, 0.29) is 5.56 Å². The van der Waals surface area contributed by atoms with Crippen molar-refractivity contribution in [3.05, 3.63) is 65.2 Å². The lowest BCUT2D eigenvalue weighted by atomic mass is 9.86. The van der Waals surface area contributed by atoms with Gasteiger partial charge in [0, 0.05) is 5.56 Å². The summed E-state index contributed by atoms with van der Waals surface area (Å²) < 4.78 is 43.6. The normalized spacial score (nSPS) is 14.6. The zero-order valence-electron chi connectivity index (χ0n) is 11.6. The van der Waals surface area contributed by atoms with E-state index >= 15 is 0 Å². The topological polar surface area (TPSA) is 29.5 Å². The van der Waals surface area contributed by atoms with Crippen molar-refractivity contribution in [3.63, 3.8) is 0 Å². The first-order valence-electron chi connectivity index (χ1n) is 6.30. The van der Waals surface area contributed by atoms with Gasteiger partial charge < -0.3 is 9.84 Å². The molecule has 0 amide bonds. The van der Waals surface area contributed by atoms with Gasteiger partial charge in [0.05, 0.1) is 12.7 Å². The number of aliphatic hydroxyl groups is 1. The molecule has 0 aromatic heterocycles. The zero-order chi connectivity index (χ0) is 15.7. The minimum absolute atomic E-state index is 0.154. The molecule has 2 rings (SSSR count). The van der Waals surface area contributed by atoms with Crippen LogP contribution in [-0.4, -0.2) is 12.2 Å². The Balaban J connectivity index is 2.54. The molecular weight excluding hydrogens is 281 g/mol. The molecule has 112 valence electrons. The monoisotopic (exact) mass is 296 g/mol. The van der Waals surface area contributed by atoms with Gasteiger partial charge in [0.2, 0.25) is 0 Å². The molecule has 0 saturated heterocycles. The van der Waals surface area contributed by atoms with Crippen molar-refractivity contribution in [1.82, 2.24) is 0 Å². The number of rotatable bonds is 3. The summed E-state index contributed by atoms with van der Waals surface area (Å²) in [7, 11) is 1.45. The highest BCUT2D eigenvalue weighted by atomic mass is 19.4. The molecule has 5 heteroatoms. The Morgan fingerprint density at radius 1 is 0.952 bits per heavy atom. The molecule has 0 saturated carbocycles. The van der Waals surface area contributed by atoms with Gasteiger partial charge in [0.15, 0.2) is 0 Å². The van der Waals surface area contributed by atoms with Crippen molar-refractivity contribution in [2.45, 2.75) is 18.7 Å². The maximum Gasteiger partial charge on any atom is 0.416 e. The molecule has 0 aliphatic heterocycles. The minimum atomic E-state index is -4.45. The predicted octanol–water partition coefficient (Wildman–Crippen LogP) is 3.97. The quantitative estimate of drug-likeness (QED) is 0.928. The fourth-order valence-electron chi connectivity index (χ4n) is 2.20. The average molecular weight is 296 g/mol. The number of halogens is 3. The van der Waals surface area contributed by atoms with E-state index in [0.29, 0.717) is 11.3 Å². The minimum Gasteiger partial charge on any atom is -0.496 e. The molecule has 0 heterocycles. The summed E-state index contributed by atoms with van der Waals surface area (Å²) in [4.78, 5) is 0. The van der Waals surface area contributed by atoms with Crippen molar-refractivity contribution >= 4 is 0 Å². The smallest absolute Gasteiger partial charge is 0.416 e. The lowest BCUT2D eigenvalue weighted by molar-refractivity contribution is -0.137. The van der Waals surface area contributed by atoms with Gasteiger partial charge in [-0.25, -0.2) is 0 Å². The van der Waals surface area contributed by atoms with Crippen LogP contribution in [-0.2, 0) is 11.8 Å². The standard InChI is InChI=1S/C16H15F3O2/c1-15(20,13-8-3-4-9-14(13)21-2)11-6-5-7-12(10-11)16(17,18)19/h3-10,20H,1-2H3. The number of para-hydroxylation sites is 1. The second kappa shape index (κ2) is 5.41. The number of methoxy groups -OCH3 is 1. The van der Waals surface area contributed by atoms with Crippen molar-refractivity contribution in [2.24, 2.45) is 0 Å². The molecule has 1 N–H and O–H groups in total. The molecule has 0 spiro atoms. The number of alkyl halides is 3. The Morgan fingerprint density at radius 2 is 1.57 bits per heavy atom. The van der Waals surface area contributed by atoms with Crippen LogP contribution >= 0.6 is 0 Å². The SMILES string of the molecule is COc1ccccc1C(C)(O)c1cccc(C(F)(F)F)c1.